The Hall–Kier alpha value is -2.37. The number of hydrogen-bond acceptors (Lipinski definition) is 3. The Balaban J connectivity index is 2.65. The molecule has 0 radical (unpaired) electrons. The lowest BCUT2D eigenvalue weighted by molar-refractivity contribution is 0.255. The average molecular weight is 246 g/mol. The first-order valence-electron chi connectivity index (χ1n) is 5.66. The van der Waals surface area contributed by atoms with E-state index in [1.54, 1.807) is 4.57 Å². The van der Waals surface area contributed by atoms with E-state index in [0.717, 1.165) is 17.3 Å². The van der Waals surface area contributed by atoms with Crippen LogP contribution in [0.5, 0.6) is 5.88 Å². The summed E-state index contributed by atoms with van der Waals surface area (Å²) < 4.78 is 1.74. The Morgan fingerprint density at radius 3 is 2.83 bits per heavy atom. The Bertz CT molecular complexity index is 616. The van der Waals surface area contributed by atoms with Crippen molar-refractivity contribution in [2.75, 3.05) is 0 Å². The average Bonchev–Trinajstić information content (AvgIpc) is 2.61. The highest BCUT2D eigenvalue weighted by Gasteiger charge is 2.15. The van der Waals surface area contributed by atoms with Crippen LogP contribution in [-0.2, 0) is 6.54 Å². The van der Waals surface area contributed by atoms with Gasteiger partial charge in [0.15, 0.2) is 5.69 Å². The van der Waals surface area contributed by atoms with Crippen molar-refractivity contribution < 1.29 is 9.90 Å². The number of nitrogens with zero attached hydrogens (tertiary/aromatic N) is 3. The molecule has 3 N–H and O–H groups in total. The van der Waals surface area contributed by atoms with Crippen molar-refractivity contribution in [1.29, 1.82) is 0 Å². The maximum absolute atomic E-state index is 10.6. The van der Waals surface area contributed by atoms with Crippen molar-refractivity contribution in [1.82, 2.24) is 4.57 Å². The highest BCUT2D eigenvalue weighted by atomic mass is 16.3. The normalized spacial score (nSPS) is 11.4. The molecule has 0 atom stereocenters. The van der Waals surface area contributed by atoms with Crippen molar-refractivity contribution in [2.45, 2.75) is 19.9 Å². The minimum absolute atomic E-state index is 0.00282. The summed E-state index contributed by atoms with van der Waals surface area (Å²) in [6.45, 7) is 2.68. The number of aromatic nitrogens is 1. The van der Waals surface area contributed by atoms with Crippen LogP contribution in [-0.4, -0.2) is 15.7 Å². The van der Waals surface area contributed by atoms with Crippen LogP contribution in [0.25, 0.3) is 10.9 Å². The second-order valence-electron chi connectivity index (χ2n) is 3.88. The third-order valence-corrected chi connectivity index (χ3v) is 2.61. The van der Waals surface area contributed by atoms with Crippen LogP contribution >= 0.6 is 0 Å². The van der Waals surface area contributed by atoms with Crippen LogP contribution < -0.4 is 5.73 Å². The molecule has 94 valence electrons. The van der Waals surface area contributed by atoms with Gasteiger partial charge in [0.2, 0.25) is 5.88 Å². The van der Waals surface area contributed by atoms with Gasteiger partial charge in [-0.25, -0.2) is 4.79 Å². The van der Waals surface area contributed by atoms with E-state index in [1.807, 2.05) is 31.2 Å². The molecule has 0 spiro atoms. The van der Waals surface area contributed by atoms with Gasteiger partial charge in [-0.2, -0.15) is 0 Å². The van der Waals surface area contributed by atoms with Crippen LogP contribution in [0.15, 0.2) is 34.5 Å². The first-order valence-corrected chi connectivity index (χ1v) is 5.66. The fraction of sp³-hybridized carbons (Fsp3) is 0.250. The molecule has 2 amide bonds. The maximum atomic E-state index is 10.6. The number of primary amides is 1. The summed E-state index contributed by atoms with van der Waals surface area (Å²) in [5, 5.41) is 17.8. The first kappa shape index (κ1) is 12.1. The number of hydrogen-bond donors (Lipinski definition) is 2. The van der Waals surface area contributed by atoms with Crippen LogP contribution in [0.3, 0.4) is 0 Å². The Labute approximate surface area is 104 Å². The van der Waals surface area contributed by atoms with Gasteiger partial charge in [-0.3, -0.25) is 0 Å². The molecule has 0 unspecified atom stereocenters. The highest BCUT2D eigenvalue weighted by molar-refractivity contribution is 5.95. The monoisotopic (exact) mass is 246 g/mol. The standard InChI is InChI=1S/C12H14N4O2/c1-2-7-16-9-6-4-3-5-8(9)10(11(16)17)14-15-12(13)18/h3-6,17H,2,7H2,1H3,(H2,13,18). The number of carbonyl (C=O) groups excluding carboxylic acids is 1. The zero-order chi connectivity index (χ0) is 13.1. The van der Waals surface area contributed by atoms with E-state index in [-0.39, 0.29) is 11.6 Å². The van der Waals surface area contributed by atoms with E-state index in [1.165, 1.54) is 0 Å². The molecule has 2 aromatic rings. The van der Waals surface area contributed by atoms with E-state index in [4.69, 9.17) is 5.73 Å². The lowest BCUT2D eigenvalue weighted by atomic mass is 10.2. The van der Waals surface area contributed by atoms with Gasteiger partial charge in [-0.1, -0.05) is 30.2 Å². The van der Waals surface area contributed by atoms with Crippen molar-refractivity contribution in [2.24, 2.45) is 16.0 Å². The number of carbonyl (C=O) groups is 1. The fourth-order valence-electron chi connectivity index (χ4n) is 1.92. The van der Waals surface area contributed by atoms with Gasteiger partial charge in [0, 0.05) is 11.9 Å². The maximum Gasteiger partial charge on any atom is 0.356 e. The predicted octanol–water partition coefficient (Wildman–Crippen LogP) is 2.92. The van der Waals surface area contributed by atoms with Crippen molar-refractivity contribution in [3.8, 4) is 5.88 Å². The molecule has 0 aliphatic heterocycles. The van der Waals surface area contributed by atoms with Crippen molar-refractivity contribution >= 4 is 22.6 Å². The summed E-state index contributed by atoms with van der Waals surface area (Å²) in [6, 6.07) is 6.52. The number of amides is 2. The summed E-state index contributed by atoms with van der Waals surface area (Å²) >= 11 is 0. The topological polar surface area (TPSA) is 93.0 Å². The molecule has 0 fully saturated rings. The van der Waals surface area contributed by atoms with Crippen molar-refractivity contribution in [3.05, 3.63) is 24.3 Å². The molecule has 1 heterocycles. The number of benzene rings is 1. The van der Waals surface area contributed by atoms with Crippen LogP contribution in [0, 0.1) is 0 Å². The predicted molar refractivity (Wildman–Crippen MR) is 68.0 cm³/mol. The summed E-state index contributed by atoms with van der Waals surface area (Å²) in [6.07, 6.45) is 0.874. The molecular formula is C12H14N4O2. The van der Waals surface area contributed by atoms with Crippen molar-refractivity contribution in [3.63, 3.8) is 0 Å². The summed E-state index contributed by atoms with van der Waals surface area (Å²) in [5.74, 6) is 0.00282. The number of fused-ring (bicyclic) bond motifs is 1. The minimum Gasteiger partial charge on any atom is -0.493 e. The molecule has 1 aromatic heterocycles. The lowest BCUT2D eigenvalue weighted by Crippen LogP contribution is -2.01. The zero-order valence-corrected chi connectivity index (χ0v) is 10.00. The highest BCUT2D eigenvalue weighted by Crippen LogP contribution is 2.38. The number of nitrogens with two attached hydrogens (primary N) is 1. The zero-order valence-electron chi connectivity index (χ0n) is 10.00. The quantitative estimate of drug-likeness (QED) is 0.815. The second-order valence-corrected chi connectivity index (χ2v) is 3.88. The summed E-state index contributed by atoms with van der Waals surface area (Å²) in [4.78, 5) is 10.6. The number of azo groups is 1. The van der Waals surface area contributed by atoms with Crippen LogP contribution in [0.4, 0.5) is 10.5 Å². The van der Waals surface area contributed by atoms with Gasteiger partial charge in [0.05, 0.1) is 5.52 Å². The molecular weight excluding hydrogens is 232 g/mol. The number of aryl methyl sites for hydroxylation is 1. The van der Waals surface area contributed by atoms with E-state index in [0.29, 0.717) is 6.54 Å². The van der Waals surface area contributed by atoms with E-state index >= 15 is 0 Å². The molecule has 18 heavy (non-hydrogen) atoms. The van der Waals surface area contributed by atoms with Crippen LogP contribution in [0.1, 0.15) is 13.3 Å². The first-order chi connectivity index (χ1) is 8.65. The summed E-state index contributed by atoms with van der Waals surface area (Å²) in [5.41, 5.74) is 6.04. The minimum atomic E-state index is -0.887. The Morgan fingerprint density at radius 2 is 2.17 bits per heavy atom. The third kappa shape index (κ3) is 2.04. The van der Waals surface area contributed by atoms with Gasteiger partial charge in [0.1, 0.15) is 0 Å². The Morgan fingerprint density at radius 1 is 1.44 bits per heavy atom. The lowest BCUT2D eigenvalue weighted by Gasteiger charge is -2.03. The van der Waals surface area contributed by atoms with Gasteiger partial charge in [0.25, 0.3) is 0 Å². The number of aromatic hydroxyl groups is 1. The van der Waals surface area contributed by atoms with E-state index in [9.17, 15) is 9.90 Å². The van der Waals surface area contributed by atoms with Gasteiger partial charge in [-0.15, -0.1) is 5.11 Å². The molecule has 0 saturated heterocycles. The molecule has 0 saturated carbocycles. The molecule has 1 aromatic carbocycles. The number of rotatable bonds is 3. The largest absolute Gasteiger partial charge is 0.493 e. The Kier molecular flexibility index (Phi) is 3.27. The molecule has 6 heteroatoms. The SMILES string of the molecule is CCCn1c(O)c(N=NC(N)=O)c2ccccc21. The second kappa shape index (κ2) is 4.87. The van der Waals surface area contributed by atoms with Crippen LogP contribution in [0.2, 0.25) is 0 Å². The fourth-order valence-corrected chi connectivity index (χ4v) is 1.92. The van der Waals surface area contributed by atoms with Gasteiger partial charge < -0.3 is 15.4 Å². The number of para-hydroxylation sites is 1. The van der Waals surface area contributed by atoms with Gasteiger partial charge >= 0.3 is 6.03 Å². The van der Waals surface area contributed by atoms with Gasteiger partial charge in [-0.05, 0) is 12.5 Å². The molecule has 2 rings (SSSR count). The molecule has 0 aliphatic rings. The van der Waals surface area contributed by atoms with E-state index in [2.05, 4.69) is 10.2 Å². The summed E-state index contributed by atoms with van der Waals surface area (Å²) in [7, 11) is 0. The number of urea groups is 1. The molecule has 0 aliphatic carbocycles. The van der Waals surface area contributed by atoms with E-state index < -0.39 is 6.03 Å². The third-order valence-electron chi connectivity index (χ3n) is 2.61. The smallest absolute Gasteiger partial charge is 0.356 e. The molecule has 6 nitrogen and oxygen atoms in total. The molecule has 0 bridgehead atoms.